The molecular formula is C17H23FN4OS. The third kappa shape index (κ3) is 6.16. The molecule has 1 atom stereocenters. The number of rotatable bonds is 7. The van der Waals surface area contributed by atoms with E-state index < -0.39 is 0 Å². The summed E-state index contributed by atoms with van der Waals surface area (Å²) in [6.45, 7) is 7.90. The number of nitrogens with one attached hydrogen (secondary N) is 2. The first-order valence-corrected chi connectivity index (χ1v) is 8.74. The average molecular weight is 350 g/mol. The Morgan fingerprint density at radius 3 is 2.71 bits per heavy atom. The number of halogens is 1. The fourth-order valence-electron chi connectivity index (χ4n) is 1.99. The Morgan fingerprint density at radius 1 is 1.33 bits per heavy atom. The average Bonchev–Trinajstić information content (AvgIpc) is 2.98. The molecule has 7 heteroatoms. The molecule has 0 aliphatic carbocycles. The van der Waals surface area contributed by atoms with Gasteiger partial charge in [0, 0.05) is 17.6 Å². The monoisotopic (exact) mass is 350 g/mol. The van der Waals surface area contributed by atoms with Crippen molar-refractivity contribution in [2.45, 2.75) is 33.4 Å². The molecule has 1 aromatic heterocycles. The van der Waals surface area contributed by atoms with Gasteiger partial charge >= 0.3 is 0 Å². The summed E-state index contributed by atoms with van der Waals surface area (Å²) in [5.74, 6) is 1.10. The van der Waals surface area contributed by atoms with Gasteiger partial charge in [0.2, 0.25) is 0 Å². The van der Waals surface area contributed by atoms with Crippen LogP contribution >= 0.6 is 11.3 Å². The van der Waals surface area contributed by atoms with Crippen molar-refractivity contribution in [2.75, 3.05) is 13.1 Å². The highest BCUT2D eigenvalue weighted by atomic mass is 32.1. The van der Waals surface area contributed by atoms with Gasteiger partial charge in [-0.1, -0.05) is 0 Å². The first-order valence-electron chi connectivity index (χ1n) is 7.92. The van der Waals surface area contributed by atoms with Crippen molar-refractivity contribution in [3.05, 3.63) is 46.2 Å². The number of hydrogen-bond acceptors (Lipinski definition) is 4. The lowest BCUT2D eigenvalue weighted by molar-refractivity contribution is 0.223. The number of aryl methyl sites for hydroxylation is 1. The van der Waals surface area contributed by atoms with Gasteiger partial charge in [-0.2, -0.15) is 0 Å². The Labute approximate surface area is 146 Å². The number of thiazole rings is 1. The van der Waals surface area contributed by atoms with Gasteiger partial charge in [-0.05, 0) is 45.0 Å². The van der Waals surface area contributed by atoms with Crippen LogP contribution < -0.4 is 15.4 Å². The predicted molar refractivity (Wildman–Crippen MR) is 96.2 cm³/mol. The molecule has 5 nitrogen and oxygen atoms in total. The molecule has 130 valence electrons. The van der Waals surface area contributed by atoms with E-state index in [0.717, 1.165) is 17.5 Å². The lowest BCUT2D eigenvalue weighted by Crippen LogP contribution is -2.41. The molecule has 0 aliphatic heterocycles. The summed E-state index contributed by atoms with van der Waals surface area (Å²) < 4.78 is 18.6. The van der Waals surface area contributed by atoms with Crippen LogP contribution in [-0.2, 0) is 6.54 Å². The molecule has 0 saturated heterocycles. The smallest absolute Gasteiger partial charge is 0.191 e. The summed E-state index contributed by atoms with van der Waals surface area (Å²) >= 11 is 1.65. The number of nitrogens with zero attached hydrogens (tertiary/aromatic N) is 2. The Balaban J connectivity index is 1.84. The van der Waals surface area contributed by atoms with E-state index in [2.05, 4.69) is 20.6 Å². The van der Waals surface area contributed by atoms with Crippen LogP contribution in [0.25, 0.3) is 0 Å². The molecule has 2 aromatic rings. The topological polar surface area (TPSA) is 58.5 Å². The van der Waals surface area contributed by atoms with Crippen LogP contribution in [0.5, 0.6) is 5.75 Å². The zero-order valence-electron chi connectivity index (χ0n) is 14.2. The maximum absolute atomic E-state index is 12.9. The van der Waals surface area contributed by atoms with Gasteiger partial charge in [-0.15, -0.1) is 11.3 Å². The summed E-state index contributed by atoms with van der Waals surface area (Å²) in [6.07, 6.45) is 1.77. The van der Waals surface area contributed by atoms with Gasteiger partial charge in [0.1, 0.15) is 22.7 Å². The van der Waals surface area contributed by atoms with E-state index in [9.17, 15) is 4.39 Å². The second-order valence-electron chi connectivity index (χ2n) is 5.32. The summed E-state index contributed by atoms with van der Waals surface area (Å²) in [6, 6.07) is 6.01. The maximum atomic E-state index is 12.9. The van der Waals surface area contributed by atoms with Crippen molar-refractivity contribution in [3.63, 3.8) is 0 Å². The summed E-state index contributed by atoms with van der Waals surface area (Å²) in [7, 11) is 0. The molecule has 1 heterocycles. The highest BCUT2D eigenvalue weighted by Crippen LogP contribution is 2.13. The molecule has 0 aliphatic rings. The number of benzene rings is 1. The fourth-order valence-corrected chi connectivity index (χ4v) is 2.70. The van der Waals surface area contributed by atoms with Crippen molar-refractivity contribution in [3.8, 4) is 5.75 Å². The summed E-state index contributed by atoms with van der Waals surface area (Å²) in [4.78, 5) is 10.0. The van der Waals surface area contributed by atoms with E-state index in [1.54, 1.807) is 23.5 Å². The number of aliphatic imine (C=N–C) groups is 1. The van der Waals surface area contributed by atoms with Crippen molar-refractivity contribution in [2.24, 2.45) is 4.99 Å². The largest absolute Gasteiger partial charge is 0.489 e. The molecule has 24 heavy (non-hydrogen) atoms. The molecule has 0 spiro atoms. The maximum Gasteiger partial charge on any atom is 0.191 e. The quantitative estimate of drug-likeness (QED) is 0.595. The normalized spacial score (nSPS) is 12.8. The highest BCUT2D eigenvalue weighted by Gasteiger charge is 2.06. The van der Waals surface area contributed by atoms with Crippen molar-refractivity contribution < 1.29 is 9.13 Å². The SMILES string of the molecule is CCNC(=NCc1ncc(C)s1)NCC(C)Oc1ccc(F)cc1. The third-order valence-corrected chi connectivity index (χ3v) is 3.99. The molecule has 0 fully saturated rings. The zero-order valence-corrected chi connectivity index (χ0v) is 15.0. The van der Waals surface area contributed by atoms with E-state index in [-0.39, 0.29) is 11.9 Å². The van der Waals surface area contributed by atoms with Gasteiger partial charge < -0.3 is 15.4 Å². The predicted octanol–water partition coefficient (Wildman–Crippen LogP) is 3.11. The van der Waals surface area contributed by atoms with Crippen LogP contribution in [-0.4, -0.2) is 30.1 Å². The number of guanidine groups is 1. The lowest BCUT2D eigenvalue weighted by atomic mass is 10.3. The third-order valence-electron chi connectivity index (χ3n) is 3.09. The molecule has 0 saturated carbocycles. The molecule has 2 N–H and O–H groups in total. The number of aromatic nitrogens is 1. The number of ether oxygens (including phenoxy) is 1. The Hall–Kier alpha value is -2.15. The molecule has 0 bridgehead atoms. The Morgan fingerprint density at radius 2 is 2.08 bits per heavy atom. The second-order valence-corrected chi connectivity index (χ2v) is 6.64. The van der Waals surface area contributed by atoms with Crippen molar-refractivity contribution in [1.82, 2.24) is 15.6 Å². The van der Waals surface area contributed by atoms with Crippen LogP contribution in [0.2, 0.25) is 0 Å². The van der Waals surface area contributed by atoms with E-state index in [1.807, 2.05) is 27.0 Å². The first-order chi connectivity index (χ1) is 11.6. The Kier molecular flexibility index (Phi) is 6.99. The fraction of sp³-hybridized carbons (Fsp3) is 0.412. The minimum atomic E-state index is -0.271. The number of hydrogen-bond donors (Lipinski definition) is 2. The van der Waals surface area contributed by atoms with Crippen LogP contribution in [0.3, 0.4) is 0 Å². The summed E-state index contributed by atoms with van der Waals surface area (Å²) in [5.41, 5.74) is 0. The van der Waals surface area contributed by atoms with Crippen LogP contribution in [0, 0.1) is 12.7 Å². The molecular weight excluding hydrogens is 327 g/mol. The summed E-state index contributed by atoms with van der Waals surface area (Å²) in [5, 5.41) is 7.43. The minimum absolute atomic E-state index is 0.0820. The van der Waals surface area contributed by atoms with Crippen LogP contribution in [0.15, 0.2) is 35.5 Å². The van der Waals surface area contributed by atoms with Gasteiger partial charge in [0.25, 0.3) is 0 Å². The second kappa shape index (κ2) is 9.22. The van der Waals surface area contributed by atoms with E-state index >= 15 is 0 Å². The van der Waals surface area contributed by atoms with E-state index in [1.165, 1.54) is 17.0 Å². The van der Waals surface area contributed by atoms with Crippen LogP contribution in [0.1, 0.15) is 23.7 Å². The molecule has 1 aromatic carbocycles. The lowest BCUT2D eigenvalue weighted by Gasteiger charge is -2.17. The standard InChI is InChI=1S/C17H23FN4OS/c1-4-19-17(22-11-16-20-10-13(3)24-16)21-9-12(2)23-15-7-5-14(18)6-8-15/h5-8,10,12H,4,9,11H2,1-3H3,(H2,19,21,22). The minimum Gasteiger partial charge on any atom is -0.489 e. The molecule has 0 amide bonds. The molecule has 2 rings (SSSR count). The van der Waals surface area contributed by atoms with E-state index in [0.29, 0.717) is 18.8 Å². The van der Waals surface area contributed by atoms with Gasteiger partial charge in [-0.25, -0.2) is 14.4 Å². The highest BCUT2D eigenvalue weighted by molar-refractivity contribution is 7.11. The van der Waals surface area contributed by atoms with Gasteiger partial charge in [-0.3, -0.25) is 0 Å². The Bertz CT molecular complexity index is 657. The van der Waals surface area contributed by atoms with Crippen molar-refractivity contribution in [1.29, 1.82) is 0 Å². The molecule has 0 radical (unpaired) electrons. The van der Waals surface area contributed by atoms with Crippen molar-refractivity contribution >= 4 is 17.3 Å². The molecule has 1 unspecified atom stereocenters. The van der Waals surface area contributed by atoms with Gasteiger partial charge in [0.05, 0.1) is 13.1 Å². The van der Waals surface area contributed by atoms with Crippen LogP contribution in [0.4, 0.5) is 4.39 Å². The van der Waals surface area contributed by atoms with Gasteiger partial charge in [0.15, 0.2) is 5.96 Å². The zero-order chi connectivity index (χ0) is 17.4. The van der Waals surface area contributed by atoms with E-state index in [4.69, 9.17) is 4.74 Å². The first kappa shape index (κ1) is 18.2.